The van der Waals surface area contributed by atoms with E-state index in [0.717, 1.165) is 53.9 Å². The van der Waals surface area contributed by atoms with Gasteiger partial charge in [0.05, 0.1) is 16.6 Å². The van der Waals surface area contributed by atoms with Crippen molar-refractivity contribution < 1.29 is 9.53 Å². The molecule has 0 aromatic heterocycles. The molecule has 3 aliphatic rings. The van der Waals surface area contributed by atoms with Gasteiger partial charge < -0.3 is 10.1 Å². The van der Waals surface area contributed by atoms with Crippen molar-refractivity contribution in [1.29, 1.82) is 0 Å². The Balaban J connectivity index is 1.78. The van der Waals surface area contributed by atoms with E-state index in [0.29, 0.717) is 11.3 Å². The lowest BCUT2D eigenvalue weighted by Gasteiger charge is -2.36. The Kier molecular flexibility index (Phi) is 3.80. The SMILES string of the molecule is CC1(C)C=C2C(=[N+]([O-])c3cc(C(=O)N4CCCCC4)ccc32)C(C)(C)C1. The summed E-state index contributed by atoms with van der Waals surface area (Å²) in [6.45, 7) is 10.4. The molecule has 0 bridgehead atoms. The van der Waals surface area contributed by atoms with Gasteiger partial charge in [0.2, 0.25) is 11.4 Å². The van der Waals surface area contributed by atoms with Crippen molar-refractivity contribution in [3.05, 3.63) is 40.6 Å². The number of piperidine rings is 1. The monoisotopic (exact) mass is 352 g/mol. The molecular formula is C22H28N2O2. The lowest BCUT2D eigenvalue weighted by atomic mass is 9.65. The average Bonchev–Trinajstić information content (AvgIpc) is 2.85. The van der Waals surface area contributed by atoms with Crippen LogP contribution in [0.3, 0.4) is 0 Å². The van der Waals surface area contributed by atoms with Gasteiger partial charge in [0.25, 0.3) is 5.91 Å². The Labute approximate surface area is 155 Å². The van der Waals surface area contributed by atoms with Crippen LogP contribution in [0.5, 0.6) is 0 Å². The molecule has 0 spiro atoms. The minimum absolute atomic E-state index is 0.0487. The summed E-state index contributed by atoms with van der Waals surface area (Å²) in [4.78, 5) is 14.8. The van der Waals surface area contributed by atoms with Crippen molar-refractivity contribution in [2.75, 3.05) is 13.1 Å². The molecule has 1 aromatic carbocycles. The predicted molar refractivity (Wildman–Crippen MR) is 105 cm³/mol. The molecule has 1 saturated heterocycles. The van der Waals surface area contributed by atoms with Gasteiger partial charge in [0.15, 0.2) is 0 Å². The number of rotatable bonds is 1. The summed E-state index contributed by atoms with van der Waals surface area (Å²) in [5.41, 5.74) is 3.97. The van der Waals surface area contributed by atoms with Crippen molar-refractivity contribution in [1.82, 2.24) is 4.90 Å². The first-order valence-corrected chi connectivity index (χ1v) is 9.71. The van der Waals surface area contributed by atoms with Crippen LogP contribution >= 0.6 is 0 Å². The van der Waals surface area contributed by atoms with Crippen molar-refractivity contribution >= 4 is 22.9 Å². The fourth-order valence-electron chi connectivity index (χ4n) is 5.15. The average molecular weight is 352 g/mol. The number of nitrogens with zero attached hydrogens (tertiary/aromatic N) is 2. The quantitative estimate of drug-likeness (QED) is 0.541. The third-order valence-corrected chi connectivity index (χ3v) is 5.93. The summed E-state index contributed by atoms with van der Waals surface area (Å²) in [7, 11) is 0. The highest BCUT2D eigenvalue weighted by atomic mass is 16.5. The van der Waals surface area contributed by atoms with Crippen LogP contribution < -0.4 is 0 Å². The summed E-state index contributed by atoms with van der Waals surface area (Å²) in [5.74, 6) is 0.0503. The lowest BCUT2D eigenvalue weighted by Crippen LogP contribution is -2.36. The van der Waals surface area contributed by atoms with Gasteiger partial charge in [-0.2, -0.15) is 4.74 Å². The summed E-state index contributed by atoms with van der Waals surface area (Å²) in [6.07, 6.45) is 6.50. The number of amides is 1. The van der Waals surface area contributed by atoms with E-state index in [4.69, 9.17) is 0 Å². The second-order valence-electron chi connectivity index (χ2n) is 9.34. The van der Waals surface area contributed by atoms with Crippen molar-refractivity contribution in [2.24, 2.45) is 10.8 Å². The molecule has 1 fully saturated rings. The molecular weight excluding hydrogens is 324 g/mol. The van der Waals surface area contributed by atoms with Crippen molar-refractivity contribution in [3.63, 3.8) is 0 Å². The maximum atomic E-state index is 13.1. The minimum atomic E-state index is -0.189. The minimum Gasteiger partial charge on any atom is -0.618 e. The third-order valence-electron chi connectivity index (χ3n) is 5.93. The van der Waals surface area contributed by atoms with Gasteiger partial charge in [0, 0.05) is 24.7 Å². The first-order chi connectivity index (χ1) is 12.2. The molecule has 138 valence electrons. The number of hydrogen-bond donors (Lipinski definition) is 0. The van der Waals surface area contributed by atoms with Gasteiger partial charge >= 0.3 is 0 Å². The number of carbonyl (C=O) groups excluding carboxylic acids is 1. The van der Waals surface area contributed by atoms with Gasteiger partial charge in [-0.1, -0.05) is 19.9 Å². The lowest BCUT2D eigenvalue weighted by molar-refractivity contribution is -0.361. The zero-order valence-electron chi connectivity index (χ0n) is 16.3. The van der Waals surface area contributed by atoms with Crippen LogP contribution in [0.1, 0.15) is 69.3 Å². The molecule has 0 saturated carbocycles. The van der Waals surface area contributed by atoms with Crippen LogP contribution in [0.4, 0.5) is 5.69 Å². The van der Waals surface area contributed by atoms with E-state index in [1.54, 1.807) is 6.07 Å². The number of hydrogen-bond acceptors (Lipinski definition) is 2. The maximum Gasteiger partial charge on any atom is 0.254 e. The molecule has 0 radical (unpaired) electrons. The number of fused-ring (bicyclic) bond motifs is 3. The molecule has 1 aliphatic carbocycles. The second kappa shape index (κ2) is 5.70. The van der Waals surface area contributed by atoms with Gasteiger partial charge in [0.1, 0.15) is 0 Å². The summed E-state index contributed by atoms with van der Waals surface area (Å²) >= 11 is 0. The first-order valence-electron chi connectivity index (χ1n) is 9.71. The van der Waals surface area contributed by atoms with Crippen LogP contribution in [0.15, 0.2) is 24.3 Å². The summed E-state index contributed by atoms with van der Waals surface area (Å²) in [6, 6.07) is 5.66. The molecule has 2 aliphatic heterocycles. The smallest absolute Gasteiger partial charge is 0.254 e. The molecule has 2 heterocycles. The van der Waals surface area contributed by atoms with Crippen LogP contribution in [0, 0.1) is 16.0 Å². The highest BCUT2D eigenvalue weighted by molar-refractivity contribution is 6.28. The van der Waals surface area contributed by atoms with Crippen LogP contribution in [-0.2, 0) is 0 Å². The van der Waals surface area contributed by atoms with Crippen LogP contribution in [0.25, 0.3) is 5.57 Å². The standard InChI is InChI=1S/C22H28N2O2/c1-21(2)13-17-16-9-8-15(20(25)23-10-6-5-7-11-23)12-18(16)24(26)19(17)22(3,4)14-21/h8-9,12-13H,5-7,10-11,14H2,1-4H3. The van der Waals surface area contributed by atoms with E-state index in [2.05, 4.69) is 33.8 Å². The highest BCUT2D eigenvalue weighted by Gasteiger charge is 2.48. The predicted octanol–water partition coefficient (Wildman–Crippen LogP) is 4.75. The molecule has 1 amide bonds. The molecule has 4 nitrogen and oxygen atoms in total. The van der Waals surface area contributed by atoms with Gasteiger partial charge in [-0.05, 0) is 57.1 Å². The van der Waals surface area contributed by atoms with Gasteiger partial charge in [-0.3, -0.25) is 4.79 Å². The largest absolute Gasteiger partial charge is 0.618 e. The highest BCUT2D eigenvalue weighted by Crippen LogP contribution is 2.50. The number of likely N-dealkylation sites (tertiary alicyclic amines) is 1. The molecule has 0 atom stereocenters. The Morgan fingerprint density at radius 1 is 1.12 bits per heavy atom. The Hall–Kier alpha value is -2.10. The van der Waals surface area contributed by atoms with Crippen LogP contribution in [-0.4, -0.2) is 34.3 Å². The molecule has 1 aromatic rings. The van der Waals surface area contributed by atoms with E-state index in [1.165, 1.54) is 6.42 Å². The van der Waals surface area contributed by atoms with E-state index < -0.39 is 0 Å². The number of benzene rings is 1. The summed E-state index contributed by atoms with van der Waals surface area (Å²) < 4.78 is 1.07. The number of carbonyl (C=O) groups is 1. The summed E-state index contributed by atoms with van der Waals surface area (Å²) in [5, 5.41) is 13.1. The Morgan fingerprint density at radius 3 is 2.50 bits per heavy atom. The van der Waals surface area contributed by atoms with Crippen molar-refractivity contribution in [2.45, 2.75) is 53.4 Å². The fraction of sp³-hybridized carbons (Fsp3) is 0.545. The topological polar surface area (TPSA) is 46.4 Å². The second-order valence-corrected chi connectivity index (χ2v) is 9.34. The maximum absolute atomic E-state index is 13.1. The zero-order chi connectivity index (χ0) is 18.7. The third kappa shape index (κ3) is 2.67. The van der Waals surface area contributed by atoms with Crippen LogP contribution in [0.2, 0.25) is 0 Å². The number of allylic oxidation sites excluding steroid dienone is 2. The fourth-order valence-corrected chi connectivity index (χ4v) is 5.15. The first kappa shape index (κ1) is 17.3. The van der Waals surface area contributed by atoms with Gasteiger partial charge in [-0.25, -0.2) is 0 Å². The molecule has 4 rings (SSSR count). The molecule has 26 heavy (non-hydrogen) atoms. The van der Waals surface area contributed by atoms with E-state index >= 15 is 0 Å². The Morgan fingerprint density at radius 2 is 1.81 bits per heavy atom. The van der Waals surface area contributed by atoms with Gasteiger partial charge in [-0.15, -0.1) is 0 Å². The molecule has 0 unspecified atom stereocenters. The van der Waals surface area contributed by atoms with Crippen molar-refractivity contribution in [3.8, 4) is 0 Å². The van der Waals surface area contributed by atoms with E-state index in [1.807, 2.05) is 17.0 Å². The molecule has 4 heteroatoms. The van der Waals surface area contributed by atoms with E-state index in [-0.39, 0.29) is 16.7 Å². The Bertz CT molecular complexity index is 840. The van der Waals surface area contributed by atoms with E-state index in [9.17, 15) is 10.0 Å². The molecule has 0 N–H and O–H groups in total. The zero-order valence-corrected chi connectivity index (χ0v) is 16.3. The normalized spacial score (nSPS) is 23.4.